The molecule has 0 bridgehead atoms. The minimum Gasteiger partial charge on any atom is -0.387 e. The molecule has 128 valence electrons. The molecule has 24 heavy (non-hydrogen) atoms. The summed E-state index contributed by atoms with van der Waals surface area (Å²) in [6.07, 6.45) is -1.38. The van der Waals surface area contributed by atoms with Gasteiger partial charge in [0.25, 0.3) is 0 Å². The molecule has 1 aliphatic heterocycles. The van der Waals surface area contributed by atoms with E-state index in [1.54, 1.807) is 12.1 Å². The highest BCUT2D eigenvalue weighted by Crippen LogP contribution is 2.25. The van der Waals surface area contributed by atoms with E-state index in [0.29, 0.717) is 19.7 Å². The topological polar surface area (TPSA) is 32.7 Å². The molecular formula is C18H18F3NO2. The van der Waals surface area contributed by atoms with E-state index in [4.69, 9.17) is 4.74 Å². The standard InChI is InChI=1S/C18H18F3NO2/c19-13-3-1-12(2-4-13)18-11-22(7-8-24-18)10-17(23)15-9-14(20)5-6-16(15)21/h1-6,9,17-18,23H,7-8,10-11H2. The average Bonchev–Trinajstić information content (AvgIpc) is 2.58. The first-order chi connectivity index (χ1) is 11.5. The molecule has 1 heterocycles. The summed E-state index contributed by atoms with van der Waals surface area (Å²) in [6.45, 7) is 1.67. The van der Waals surface area contributed by atoms with Crippen LogP contribution in [0.3, 0.4) is 0 Å². The molecule has 2 unspecified atom stereocenters. The lowest BCUT2D eigenvalue weighted by Crippen LogP contribution is -2.40. The van der Waals surface area contributed by atoms with E-state index in [1.807, 2.05) is 4.90 Å². The summed E-state index contributed by atoms with van der Waals surface area (Å²) in [5.74, 6) is -1.53. The predicted octanol–water partition coefficient (Wildman–Crippen LogP) is 3.21. The third kappa shape index (κ3) is 3.95. The highest BCUT2D eigenvalue weighted by atomic mass is 19.1. The maximum Gasteiger partial charge on any atom is 0.129 e. The molecule has 0 amide bonds. The SMILES string of the molecule is OC(CN1CCOC(c2ccc(F)cc2)C1)c1cc(F)ccc1F. The average molecular weight is 337 g/mol. The molecular weight excluding hydrogens is 319 g/mol. The van der Waals surface area contributed by atoms with Gasteiger partial charge in [-0.1, -0.05) is 12.1 Å². The molecule has 0 aromatic heterocycles. The summed E-state index contributed by atoms with van der Waals surface area (Å²) < 4.78 is 45.7. The third-order valence-electron chi connectivity index (χ3n) is 4.14. The highest BCUT2D eigenvalue weighted by Gasteiger charge is 2.25. The molecule has 2 aromatic carbocycles. The largest absolute Gasteiger partial charge is 0.387 e. The molecule has 1 N–H and O–H groups in total. The van der Waals surface area contributed by atoms with Crippen LogP contribution >= 0.6 is 0 Å². The second kappa shape index (κ2) is 7.34. The van der Waals surface area contributed by atoms with Crippen LogP contribution < -0.4 is 0 Å². The van der Waals surface area contributed by atoms with E-state index < -0.39 is 17.7 Å². The van der Waals surface area contributed by atoms with Crippen molar-refractivity contribution in [2.24, 2.45) is 0 Å². The summed E-state index contributed by atoms with van der Waals surface area (Å²) in [5, 5.41) is 10.2. The number of aliphatic hydroxyl groups excluding tert-OH is 1. The van der Waals surface area contributed by atoms with Gasteiger partial charge in [0.1, 0.15) is 17.5 Å². The summed E-state index contributed by atoms with van der Waals surface area (Å²) in [4.78, 5) is 1.92. The Labute approximate surface area is 138 Å². The lowest BCUT2D eigenvalue weighted by Gasteiger charge is -2.34. The lowest BCUT2D eigenvalue weighted by molar-refractivity contribution is -0.0427. The van der Waals surface area contributed by atoms with Crippen molar-refractivity contribution in [2.75, 3.05) is 26.2 Å². The van der Waals surface area contributed by atoms with Crippen LogP contribution in [0, 0.1) is 17.5 Å². The van der Waals surface area contributed by atoms with Crippen LogP contribution in [0.1, 0.15) is 23.3 Å². The fraction of sp³-hybridized carbons (Fsp3) is 0.333. The van der Waals surface area contributed by atoms with Crippen molar-refractivity contribution in [1.29, 1.82) is 0 Å². The van der Waals surface area contributed by atoms with Gasteiger partial charge in [-0.2, -0.15) is 0 Å². The van der Waals surface area contributed by atoms with Gasteiger partial charge in [-0.25, -0.2) is 13.2 Å². The molecule has 1 aliphatic rings. The highest BCUT2D eigenvalue weighted by molar-refractivity contribution is 5.22. The summed E-state index contributed by atoms with van der Waals surface area (Å²) in [7, 11) is 0. The molecule has 0 aliphatic carbocycles. The normalized spacial score (nSPS) is 20.1. The van der Waals surface area contributed by atoms with E-state index in [-0.39, 0.29) is 24.0 Å². The zero-order chi connectivity index (χ0) is 17.1. The van der Waals surface area contributed by atoms with Gasteiger partial charge in [0.05, 0.1) is 18.8 Å². The third-order valence-corrected chi connectivity index (χ3v) is 4.14. The van der Waals surface area contributed by atoms with Crippen molar-refractivity contribution >= 4 is 0 Å². The first kappa shape index (κ1) is 17.0. The summed E-state index contributed by atoms with van der Waals surface area (Å²) in [5.41, 5.74) is 0.785. The molecule has 1 saturated heterocycles. The maximum absolute atomic E-state index is 13.7. The molecule has 2 aromatic rings. The van der Waals surface area contributed by atoms with Gasteiger partial charge in [-0.3, -0.25) is 4.90 Å². The summed E-state index contributed by atoms with van der Waals surface area (Å²) in [6, 6.07) is 9.10. The fourth-order valence-corrected chi connectivity index (χ4v) is 2.86. The Morgan fingerprint density at radius 2 is 1.79 bits per heavy atom. The molecule has 2 atom stereocenters. The first-order valence-corrected chi connectivity index (χ1v) is 7.75. The van der Waals surface area contributed by atoms with E-state index in [9.17, 15) is 18.3 Å². The van der Waals surface area contributed by atoms with Gasteiger partial charge in [0.2, 0.25) is 0 Å². The number of ether oxygens (including phenoxy) is 1. The number of rotatable bonds is 4. The van der Waals surface area contributed by atoms with Gasteiger partial charge < -0.3 is 9.84 Å². The van der Waals surface area contributed by atoms with Crippen LogP contribution in [-0.2, 0) is 4.74 Å². The van der Waals surface area contributed by atoms with Crippen molar-refractivity contribution in [2.45, 2.75) is 12.2 Å². The van der Waals surface area contributed by atoms with Gasteiger partial charge in [-0.15, -0.1) is 0 Å². The Balaban J connectivity index is 1.66. The number of aliphatic hydroxyl groups is 1. The van der Waals surface area contributed by atoms with Crippen molar-refractivity contribution in [3.63, 3.8) is 0 Å². The van der Waals surface area contributed by atoms with Gasteiger partial charge in [-0.05, 0) is 35.9 Å². The van der Waals surface area contributed by atoms with E-state index in [0.717, 1.165) is 23.8 Å². The Morgan fingerprint density at radius 3 is 2.54 bits per heavy atom. The van der Waals surface area contributed by atoms with E-state index >= 15 is 0 Å². The van der Waals surface area contributed by atoms with Crippen LogP contribution in [0.2, 0.25) is 0 Å². The van der Waals surface area contributed by atoms with Crippen LogP contribution in [0.25, 0.3) is 0 Å². The predicted molar refractivity (Wildman–Crippen MR) is 82.9 cm³/mol. The Kier molecular flexibility index (Phi) is 5.18. The fourth-order valence-electron chi connectivity index (χ4n) is 2.86. The number of nitrogens with zero attached hydrogens (tertiary/aromatic N) is 1. The maximum atomic E-state index is 13.7. The van der Waals surface area contributed by atoms with Crippen molar-refractivity contribution in [3.05, 3.63) is 71.0 Å². The second-order valence-electron chi connectivity index (χ2n) is 5.85. The van der Waals surface area contributed by atoms with Gasteiger partial charge in [0, 0.05) is 25.2 Å². The smallest absolute Gasteiger partial charge is 0.129 e. The molecule has 1 fully saturated rings. The number of benzene rings is 2. The van der Waals surface area contributed by atoms with E-state index in [2.05, 4.69) is 0 Å². The molecule has 3 nitrogen and oxygen atoms in total. The monoisotopic (exact) mass is 337 g/mol. The van der Waals surface area contributed by atoms with Gasteiger partial charge in [0.15, 0.2) is 0 Å². The second-order valence-corrected chi connectivity index (χ2v) is 5.85. The first-order valence-electron chi connectivity index (χ1n) is 7.75. The zero-order valence-corrected chi connectivity index (χ0v) is 13.0. The molecule has 0 spiro atoms. The number of morpholine rings is 1. The minimum atomic E-state index is -1.13. The number of halogens is 3. The van der Waals surface area contributed by atoms with Crippen molar-refractivity contribution in [1.82, 2.24) is 4.90 Å². The van der Waals surface area contributed by atoms with E-state index in [1.165, 1.54) is 12.1 Å². The number of hydrogen-bond acceptors (Lipinski definition) is 3. The quantitative estimate of drug-likeness (QED) is 0.930. The van der Waals surface area contributed by atoms with Crippen LogP contribution in [0.4, 0.5) is 13.2 Å². The van der Waals surface area contributed by atoms with Crippen molar-refractivity contribution < 1.29 is 23.0 Å². The molecule has 6 heteroatoms. The zero-order valence-electron chi connectivity index (χ0n) is 13.0. The Morgan fingerprint density at radius 1 is 1.08 bits per heavy atom. The van der Waals surface area contributed by atoms with Crippen LogP contribution in [0.5, 0.6) is 0 Å². The minimum absolute atomic E-state index is 0.0557. The van der Waals surface area contributed by atoms with Crippen LogP contribution in [-0.4, -0.2) is 36.2 Å². The van der Waals surface area contributed by atoms with Crippen LogP contribution in [0.15, 0.2) is 42.5 Å². The van der Waals surface area contributed by atoms with Gasteiger partial charge >= 0.3 is 0 Å². The molecule has 0 radical (unpaired) electrons. The Bertz CT molecular complexity index is 693. The Hall–Kier alpha value is -1.89. The number of β-amino-alcohol motifs (C(OH)–C–C–N with tert-alkyl or cyclic N) is 1. The summed E-state index contributed by atoms with van der Waals surface area (Å²) >= 11 is 0. The lowest BCUT2D eigenvalue weighted by atomic mass is 10.1. The molecule has 3 rings (SSSR count). The number of hydrogen-bond donors (Lipinski definition) is 1. The molecule has 0 saturated carbocycles. The van der Waals surface area contributed by atoms with Crippen molar-refractivity contribution in [3.8, 4) is 0 Å².